The van der Waals surface area contributed by atoms with E-state index in [1.165, 1.54) is 12.4 Å². The minimum Gasteiger partial charge on any atom is -0.494 e. The van der Waals surface area contributed by atoms with Crippen LogP contribution in [-0.2, 0) is 0 Å². The Morgan fingerprint density at radius 1 is 1.62 bits per heavy atom. The van der Waals surface area contributed by atoms with Gasteiger partial charge in [-0.1, -0.05) is 0 Å². The quantitative estimate of drug-likeness (QED) is 0.519. The summed E-state index contributed by atoms with van der Waals surface area (Å²) in [5, 5.41) is 7.06. The Kier molecular flexibility index (Phi) is 1.42. The lowest BCUT2D eigenvalue weighted by atomic mass is 10.5. The zero-order valence-electron chi connectivity index (χ0n) is 4.46. The maximum atomic E-state index is 4.76. The molecule has 0 aromatic carbocycles. The predicted octanol–water partition coefficient (Wildman–Crippen LogP) is 0.285. The fourth-order valence-corrected chi connectivity index (χ4v) is 0.360. The molecular weight excluding hydrogens is 104 g/mol. The summed E-state index contributed by atoms with van der Waals surface area (Å²) in [5.41, 5.74) is 0. The first-order chi connectivity index (χ1) is 3.93. The Labute approximate surface area is 47.3 Å². The Morgan fingerprint density at radius 2 is 2.50 bits per heavy atom. The van der Waals surface area contributed by atoms with Gasteiger partial charge in [0.05, 0.1) is 25.6 Å². The van der Waals surface area contributed by atoms with Gasteiger partial charge >= 0.3 is 0 Å². The van der Waals surface area contributed by atoms with E-state index in [1.54, 1.807) is 7.11 Å². The molecule has 3 heteroatoms. The summed E-state index contributed by atoms with van der Waals surface area (Å²) in [6.45, 7) is 0. The second kappa shape index (κ2) is 2.26. The Hall–Kier alpha value is -1.12. The van der Waals surface area contributed by atoms with Crippen LogP contribution >= 0.6 is 0 Å². The van der Waals surface area contributed by atoms with Gasteiger partial charge in [0.2, 0.25) is 0 Å². The standard InChI is InChI=1S/C5H5N2O/c1-8-5-2-3-6-7-4-5/h3-4H,1H3. The topological polar surface area (TPSA) is 35.0 Å². The molecule has 0 spiro atoms. The number of nitrogens with zero attached hydrogens (tertiary/aromatic N) is 2. The van der Waals surface area contributed by atoms with Gasteiger partial charge < -0.3 is 4.74 Å². The van der Waals surface area contributed by atoms with Crippen LogP contribution in [0.2, 0.25) is 0 Å². The Morgan fingerprint density at radius 3 is 2.88 bits per heavy atom. The molecule has 0 aliphatic heterocycles. The van der Waals surface area contributed by atoms with Crippen LogP contribution in [0.5, 0.6) is 5.75 Å². The number of hydrogen-bond donors (Lipinski definition) is 0. The Balaban J connectivity index is 2.83. The fraction of sp³-hybridized carbons (Fsp3) is 0.200. The third-order valence-corrected chi connectivity index (χ3v) is 0.726. The van der Waals surface area contributed by atoms with Crippen molar-refractivity contribution in [2.24, 2.45) is 0 Å². The molecule has 0 unspecified atom stereocenters. The molecule has 8 heavy (non-hydrogen) atoms. The molecule has 0 amide bonds. The van der Waals surface area contributed by atoms with Gasteiger partial charge in [0, 0.05) is 0 Å². The van der Waals surface area contributed by atoms with Gasteiger partial charge in [-0.3, -0.25) is 0 Å². The van der Waals surface area contributed by atoms with Crippen LogP contribution in [0.4, 0.5) is 0 Å². The molecule has 0 bridgehead atoms. The lowest BCUT2D eigenvalue weighted by Crippen LogP contribution is -1.84. The van der Waals surface area contributed by atoms with Crippen molar-refractivity contribution in [2.75, 3.05) is 7.11 Å². The van der Waals surface area contributed by atoms with E-state index in [9.17, 15) is 0 Å². The molecule has 0 aliphatic carbocycles. The molecule has 3 nitrogen and oxygen atoms in total. The molecule has 1 aromatic rings. The average molecular weight is 109 g/mol. The molecule has 1 rings (SSSR count). The number of aromatic nitrogens is 2. The van der Waals surface area contributed by atoms with Crippen molar-refractivity contribution in [1.29, 1.82) is 0 Å². The van der Waals surface area contributed by atoms with Crippen molar-refractivity contribution >= 4 is 0 Å². The highest BCUT2D eigenvalue weighted by atomic mass is 16.5. The van der Waals surface area contributed by atoms with E-state index in [2.05, 4.69) is 16.3 Å². The third kappa shape index (κ3) is 0.932. The summed E-state index contributed by atoms with van der Waals surface area (Å²) in [5.74, 6) is 0.611. The maximum Gasteiger partial charge on any atom is 0.148 e. The zero-order chi connectivity index (χ0) is 5.82. The number of rotatable bonds is 1. The lowest BCUT2D eigenvalue weighted by Gasteiger charge is -1.91. The molecule has 1 aromatic heterocycles. The Bertz CT molecular complexity index is 152. The molecule has 41 valence electrons. The smallest absolute Gasteiger partial charge is 0.148 e. The first-order valence-electron chi connectivity index (χ1n) is 2.16. The largest absolute Gasteiger partial charge is 0.494 e. The van der Waals surface area contributed by atoms with Crippen LogP contribution in [0.3, 0.4) is 0 Å². The summed E-state index contributed by atoms with van der Waals surface area (Å²) < 4.78 is 4.76. The maximum absolute atomic E-state index is 4.76. The van der Waals surface area contributed by atoms with E-state index >= 15 is 0 Å². The van der Waals surface area contributed by atoms with Crippen LogP contribution in [0.1, 0.15) is 0 Å². The minimum absolute atomic E-state index is 0.611. The van der Waals surface area contributed by atoms with Gasteiger partial charge in [-0.2, -0.15) is 10.2 Å². The average Bonchev–Trinajstić information content (AvgIpc) is 1.90. The fourth-order valence-electron chi connectivity index (χ4n) is 0.360. The van der Waals surface area contributed by atoms with Crippen molar-refractivity contribution in [2.45, 2.75) is 0 Å². The molecule has 0 saturated heterocycles. The summed E-state index contributed by atoms with van der Waals surface area (Å²) in [4.78, 5) is 0. The molecule has 1 heterocycles. The summed E-state index contributed by atoms with van der Waals surface area (Å²) >= 11 is 0. The van der Waals surface area contributed by atoms with Gasteiger partial charge in [-0.25, -0.2) is 0 Å². The van der Waals surface area contributed by atoms with E-state index in [-0.39, 0.29) is 0 Å². The van der Waals surface area contributed by atoms with Gasteiger partial charge in [-0.05, 0) is 0 Å². The van der Waals surface area contributed by atoms with E-state index in [0.29, 0.717) is 5.75 Å². The van der Waals surface area contributed by atoms with Gasteiger partial charge in [-0.15, -0.1) is 0 Å². The van der Waals surface area contributed by atoms with E-state index < -0.39 is 0 Å². The van der Waals surface area contributed by atoms with Crippen LogP contribution in [0, 0.1) is 6.07 Å². The molecule has 0 aliphatic rings. The first-order valence-corrected chi connectivity index (χ1v) is 2.16. The van der Waals surface area contributed by atoms with Gasteiger partial charge in [0.15, 0.2) is 0 Å². The molecule has 1 radical (unpaired) electrons. The van der Waals surface area contributed by atoms with Crippen molar-refractivity contribution < 1.29 is 4.74 Å². The number of methoxy groups -OCH3 is 1. The van der Waals surface area contributed by atoms with Crippen LogP contribution in [0.25, 0.3) is 0 Å². The molecule has 0 fully saturated rings. The van der Waals surface area contributed by atoms with Crippen LogP contribution < -0.4 is 4.74 Å². The van der Waals surface area contributed by atoms with Crippen molar-refractivity contribution in [1.82, 2.24) is 10.2 Å². The molecular formula is C5H5N2O. The summed E-state index contributed by atoms with van der Waals surface area (Å²) in [7, 11) is 1.56. The van der Waals surface area contributed by atoms with E-state index in [4.69, 9.17) is 4.74 Å². The number of hydrogen-bond acceptors (Lipinski definition) is 3. The normalized spacial score (nSPS) is 8.62. The third-order valence-electron chi connectivity index (χ3n) is 0.726. The van der Waals surface area contributed by atoms with Gasteiger partial charge in [0.1, 0.15) is 5.75 Å². The summed E-state index contributed by atoms with van der Waals surface area (Å²) in [6.07, 6.45) is 2.96. The number of ether oxygens (including phenoxy) is 1. The highest BCUT2D eigenvalue weighted by Gasteiger charge is 1.83. The zero-order valence-corrected chi connectivity index (χ0v) is 4.46. The van der Waals surface area contributed by atoms with Crippen molar-refractivity contribution in [3.8, 4) is 5.75 Å². The highest BCUT2D eigenvalue weighted by Crippen LogP contribution is 2.00. The van der Waals surface area contributed by atoms with E-state index in [1.807, 2.05) is 0 Å². The minimum atomic E-state index is 0.611. The SMILES string of the molecule is COc1[c]cnnc1. The monoisotopic (exact) mass is 109 g/mol. The molecule has 0 atom stereocenters. The van der Waals surface area contributed by atoms with Crippen LogP contribution in [-0.4, -0.2) is 17.3 Å². The molecule has 0 N–H and O–H groups in total. The first kappa shape index (κ1) is 5.03. The predicted molar refractivity (Wildman–Crippen MR) is 27.4 cm³/mol. The summed E-state index contributed by atoms with van der Waals surface area (Å²) in [6, 6.07) is 2.72. The highest BCUT2D eigenvalue weighted by molar-refractivity contribution is 5.09. The molecule has 0 saturated carbocycles. The van der Waals surface area contributed by atoms with E-state index in [0.717, 1.165) is 0 Å². The van der Waals surface area contributed by atoms with Crippen molar-refractivity contribution in [3.63, 3.8) is 0 Å². The lowest BCUT2D eigenvalue weighted by molar-refractivity contribution is 0.410. The second-order valence-electron chi connectivity index (χ2n) is 1.20. The second-order valence-corrected chi connectivity index (χ2v) is 1.20. The van der Waals surface area contributed by atoms with Crippen LogP contribution in [0.15, 0.2) is 12.4 Å². The van der Waals surface area contributed by atoms with Crippen molar-refractivity contribution in [3.05, 3.63) is 18.5 Å². The van der Waals surface area contributed by atoms with Gasteiger partial charge in [0.25, 0.3) is 0 Å².